The number of nitrogens with zero attached hydrogens (tertiary/aromatic N) is 2. The van der Waals surface area contributed by atoms with Crippen molar-refractivity contribution in [2.45, 2.75) is 47.0 Å². The Balaban J connectivity index is 1.84. The van der Waals surface area contributed by atoms with Gasteiger partial charge in [-0.15, -0.1) is 9.81 Å². The van der Waals surface area contributed by atoms with Gasteiger partial charge in [-0.1, -0.05) is 27.4 Å². The minimum absolute atomic E-state index is 0.112. The highest BCUT2D eigenvalue weighted by atomic mass is 16.6. The van der Waals surface area contributed by atoms with Crippen LogP contribution in [0.3, 0.4) is 0 Å². The van der Waals surface area contributed by atoms with E-state index in [1.54, 1.807) is 32.2 Å². The van der Waals surface area contributed by atoms with Crippen LogP contribution in [0.1, 0.15) is 56.0 Å². The Labute approximate surface area is 206 Å². The second-order valence-corrected chi connectivity index (χ2v) is 9.35. The van der Waals surface area contributed by atoms with Crippen molar-refractivity contribution in [2.24, 2.45) is 15.8 Å². The third kappa shape index (κ3) is 8.13. The third-order valence-electron chi connectivity index (χ3n) is 5.36. The molecule has 1 aliphatic rings. The summed E-state index contributed by atoms with van der Waals surface area (Å²) in [5.74, 6) is 1.58. The maximum atomic E-state index is 12.6. The Bertz CT molecular complexity index is 1020. The van der Waals surface area contributed by atoms with Crippen LogP contribution in [0.2, 0.25) is 0 Å². The lowest BCUT2D eigenvalue weighted by molar-refractivity contribution is 0.0564. The predicted octanol–water partition coefficient (Wildman–Crippen LogP) is 6.28. The molecule has 0 unspecified atom stereocenters. The van der Waals surface area contributed by atoms with Crippen LogP contribution in [-0.4, -0.2) is 39.3 Å². The second-order valence-electron chi connectivity index (χ2n) is 9.35. The number of carbonyl (C=O) groups excluding carboxylic acids is 1. The summed E-state index contributed by atoms with van der Waals surface area (Å²) in [4.78, 5) is 34.7. The average molecular weight is 487 g/mol. The number of allylic oxidation sites excluding steroid dienone is 3. The summed E-state index contributed by atoms with van der Waals surface area (Å²) in [5.41, 5.74) is 1.65. The van der Waals surface area contributed by atoms with E-state index in [-0.39, 0.29) is 35.8 Å². The molecule has 9 heteroatoms. The van der Waals surface area contributed by atoms with Crippen molar-refractivity contribution in [3.8, 4) is 5.75 Å². The van der Waals surface area contributed by atoms with E-state index in [2.05, 4.69) is 16.9 Å². The number of benzene rings is 1. The van der Waals surface area contributed by atoms with Crippen LogP contribution < -0.4 is 4.74 Å². The second kappa shape index (κ2) is 12.9. The van der Waals surface area contributed by atoms with E-state index >= 15 is 0 Å². The van der Waals surface area contributed by atoms with Crippen LogP contribution in [-0.2, 0) is 14.2 Å². The van der Waals surface area contributed by atoms with E-state index in [0.29, 0.717) is 60.9 Å². The zero-order valence-electron chi connectivity index (χ0n) is 21.1. The van der Waals surface area contributed by atoms with Gasteiger partial charge in [-0.25, -0.2) is 0 Å². The maximum absolute atomic E-state index is 12.6. The topological polar surface area (TPSA) is 113 Å². The lowest BCUT2D eigenvalue weighted by Crippen LogP contribution is -2.14. The molecule has 0 bridgehead atoms. The zero-order chi connectivity index (χ0) is 26.0. The van der Waals surface area contributed by atoms with Gasteiger partial charge in [-0.3, -0.25) is 4.79 Å². The van der Waals surface area contributed by atoms with Crippen molar-refractivity contribution in [1.29, 1.82) is 0 Å². The molecule has 0 aliphatic heterocycles. The van der Waals surface area contributed by atoms with E-state index in [0.717, 1.165) is 5.57 Å². The van der Waals surface area contributed by atoms with Crippen molar-refractivity contribution in [3.05, 3.63) is 68.5 Å². The Morgan fingerprint density at radius 3 is 2.34 bits per heavy atom. The molecule has 1 aromatic carbocycles. The fourth-order valence-electron chi connectivity index (χ4n) is 3.57. The van der Waals surface area contributed by atoms with Crippen molar-refractivity contribution < 1.29 is 23.7 Å². The lowest BCUT2D eigenvalue weighted by atomic mass is 9.87. The minimum atomic E-state index is -0.195. The number of methoxy groups -OCH3 is 1. The molecule has 0 N–H and O–H groups in total. The quantitative estimate of drug-likeness (QED) is 0.173. The van der Waals surface area contributed by atoms with Crippen LogP contribution in [0.5, 0.6) is 5.75 Å². The van der Waals surface area contributed by atoms with Gasteiger partial charge >= 0.3 is 0 Å². The van der Waals surface area contributed by atoms with Gasteiger partial charge in [0, 0.05) is 24.0 Å². The van der Waals surface area contributed by atoms with Gasteiger partial charge in [0.2, 0.25) is 0 Å². The molecule has 1 aromatic rings. The first-order valence-electron chi connectivity index (χ1n) is 11.4. The van der Waals surface area contributed by atoms with Gasteiger partial charge in [-0.05, 0) is 52.9 Å². The SMILES string of the molecule is C=C(N=O)C1=CC(OCCOCCOc2ccc(C(=O)CC(C)(C)C)c(N=O)c2C)=C(OC)CC1. The fraction of sp³-hybridized carbons (Fsp3) is 0.500. The molecule has 0 heterocycles. The molecule has 0 radical (unpaired) electrons. The summed E-state index contributed by atoms with van der Waals surface area (Å²) in [6.45, 7) is 12.4. The molecule has 0 aromatic heterocycles. The molecule has 0 spiro atoms. The molecule has 9 nitrogen and oxygen atoms in total. The number of carbonyl (C=O) groups is 1. The molecule has 0 atom stereocenters. The summed E-state index contributed by atoms with van der Waals surface area (Å²) in [6.07, 6.45) is 3.24. The number of hydrogen-bond acceptors (Lipinski definition) is 9. The Kier molecular flexibility index (Phi) is 10.3. The first-order valence-corrected chi connectivity index (χ1v) is 11.4. The molecule has 0 amide bonds. The van der Waals surface area contributed by atoms with E-state index in [4.69, 9.17) is 18.9 Å². The van der Waals surface area contributed by atoms with Crippen LogP contribution in [0.4, 0.5) is 5.69 Å². The van der Waals surface area contributed by atoms with Crippen LogP contribution in [0, 0.1) is 22.2 Å². The van der Waals surface area contributed by atoms with Gasteiger partial charge < -0.3 is 18.9 Å². The number of Topliss-reactive ketones (excluding diaryl/α,β-unsaturated/α-hetero) is 1. The van der Waals surface area contributed by atoms with E-state index in [1.165, 1.54) is 0 Å². The summed E-state index contributed by atoms with van der Waals surface area (Å²) in [7, 11) is 1.57. The average Bonchev–Trinajstić information content (AvgIpc) is 2.82. The predicted molar refractivity (Wildman–Crippen MR) is 134 cm³/mol. The van der Waals surface area contributed by atoms with Gasteiger partial charge in [0.05, 0.1) is 20.3 Å². The molecule has 190 valence electrons. The van der Waals surface area contributed by atoms with Crippen molar-refractivity contribution in [3.63, 3.8) is 0 Å². The molecule has 0 saturated carbocycles. The Hall–Kier alpha value is -3.33. The molecular weight excluding hydrogens is 452 g/mol. The van der Waals surface area contributed by atoms with Gasteiger partial charge in [0.15, 0.2) is 11.5 Å². The number of hydrogen-bond donors (Lipinski definition) is 0. The van der Waals surface area contributed by atoms with Gasteiger partial charge in [-0.2, -0.15) is 0 Å². The van der Waals surface area contributed by atoms with Crippen LogP contribution in [0.25, 0.3) is 0 Å². The molecule has 35 heavy (non-hydrogen) atoms. The molecule has 0 saturated heterocycles. The summed E-state index contributed by atoms with van der Waals surface area (Å²) in [6, 6.07) is 3.26. The highest BCUT2D eigenvalue weighted by Gasteiger charge is 2.22. The first-order chi connectivity index (χ1) is 16.6. The number of ketones is 1. The van der Waals surface area contributed by atoms with Gasteiger partial charge in [0.25, 0.3) is 0 Å². The van der Waals surface area contributed by atoms with Crippen LogP contribution in [0.15, 0.2) is 57.9 Å². The van der Waals surface area contributed by atoms with E-state index in [9.17, 15) is 14.6 Å². The van der Waals surface area contributed by atoms with Gasteiger partial charge in [0.1, 0.15) is 36.1 Å². The van der Waals surface area contributed by atoms with Crippen molar-refractivity contribution >= 4 is 11.5 Å². The van der Waals surface area contributed by atoms with E-state index < -0.39 is 0 Å². The monoisotopic (exact) mass is 486 g/mol. The van der Waals surface area contributed by atoms with E-state index in [1.807, 2.05) is 20.8 Å². The Morgan fingerprint density at radius 2 is 1.74 bits per heavy atom. The summed E-state index contributed by atoms with van der Waals surface area (Å²) in [5, 5.41) is 5.97. The van der Waals surface area contributed by atoms with Crippen molar-refractivity contribution in [1.82, 2.24) is 0 Å². The maximum Gasteiger partial charge on any atom is 0.165 e. The number of rotatable bonds is 14. The lowest BCUT2D eigenvalue weighted by Gasteiger charge is -2.19. The molecule has 2 rings (SSSR count). The smallest absolute Gasteiger partial charge is 0.165 e. The summed E-state index contributed by atoms with van der Waals surface area (Å²) < 4.78 is 22.4. The highest BCUT2D eigenvalue weighted by Crippen LogP contribution is 2.34. The zero-order valence-corrected chi connectivity index (χ0v) is 21.1. The molecule has 1 aliphatic carbocycles. The summed E-state index contributed by atoms with van der Waals surface area (Å²) >= 11 is 0. The largest absolute Gasteiger partial charge is 0.497 e. The molecular formula is C26H34N2O7. The fourth-order valence-corrected chi connectivity index (χ4v) is 3.57. The standard InChI is InChI=1S/C26H34N2O7/c1-17-22(10-8-20(25(17)28-31)21(29)16-26(3,4)5)34-13-11-33-12-14-35-24-15-19(18(2)27-30)7-9-23(24)32-6/h8,10,15H,2,7,9,11-14,16H2,1,3-6H3. The normalized spacial score (nSPS) is 13.7. The number of ether oxygens (including phenoxy) is 4. The third-order valence-corrected chi connectivity index (χ3v) is 5.36. The highest BCUT2D eigenvalue weighted by molar-refractivity contribution is 6.01. The minimum Gasteiger partial charge on any atom is -0.497 e. The van der Waals surface area contributed by atoms with Crippen LogP contribution >= 0.6 is 0 Å². The Morgan fingerprint density at radius 1 is 1.06 bits per heavy atom. The molecule has 0 fully saturated rings. The van der Waals surface area contributed by atoms with Crippen molar-refractivity contribution in [2.75, 3.05) is 33.5 Å². The number of nitroso groups, excluding NO2 is 2. The first kappa shape index (κ1) is 27.9.